The Bertz CT molecular complexity index is 261. The summed E-state index contributed by atoms with van der Waals surface area (Å²) in [6.45, 7) is 0. The van der Waals surface area contributed by atoms with Gasteiger partial charge < -0.3 is 5.11 Å². The van der Waals surface area contributed by atoms with E-state index in [0.717, 1.165) is 0 Å². The molecule has 0 fully saturated rings. The lowest BCUT2D eigenvalue weighted by Gasteiger charge is -1.92. The van der Waals surface area contributed by atoms with Gasteiger partial charge in [-0.15, -0.1) is 10.2 Å². The lowest BCUT2D eigenvalue weighted by Crippen LogP contribution is -2.03. The van der Waals surface area contributed by atoms with Gasteiger partial charge in [0.1, 0.15) is 0 Å². The summed E-state index contributed by atoms with van der Waals surface area (Å²) in [7, 11) is 0. The molecule has 0 radical (unpaired) electrons. The SMILES string of the molecule is CSc1ncc(C(=O)O)nn1. The molecule has 0 unspecified atom stereocenters. The van der Waals surface area contributed by atoms with Gasteiger partial charge in [0.2, 0.25) is 5.16 Å². The highest BCUT2D eigenvalue weighted by Crippen LogP contribution is 2.04. The number of aromatic carboxylic acids is 1. The zero-order valence-corrected chi connectivity index (χ0v) is 6.50. The number of nitrogens with zero attached hydrogens (tertiary/aromatic N) is 3. The van der Waals surface area contributed by atoms with Crippen molar-refractivity contribution < 1.29 is 9.90 Å². The fraction of sp³-hybridized carbons (Fsp3) is 0.200. The Morgan fingerprint density at radius 2 is 2.36 bits per heavy atom. The first-order chi connectivity index (χ1) is 5.24. The normalized spacial score (nSPS) is 9.55. The van der Waals surface area contributed by atoms with E-state index in [1.54, 1.807) is 6.26 Å². The van der Waals surface area contributed by atoms with Crippen molar-refractivity contribution in [2.24, 2.45) is 0 Å². The minimum Gasteiger partial charge on any atom is -0.476 e. The number of thioether (sulfide) groups is 1. The Morgan fingerprint density at radius 1 is 1.64 bits per heavy atom. The minimum atomic E-state index is -1.11. The lowest BCUT2D eigenvalue weighted by molar-refractivity contribution is 0.0688. The Balaban J connectivity index is 2.91. The average molecular weight is 171 g/mol. The fourth-order valence-electron chi connectivity index (χ4n) is 0.456. The summed E-state index contributed by atoms with van der Waals surface area (Å²) in [4.78, 5) is 14.0. The van der Waals surface area contributed by atoms with Crippen molar-refractivity contribution in [3.8, 4) is 0 Å². The van der Waals surface area contributed by atoms with E-state index >= 15 is 0 Å². The molecular formula is C5H5N3O2S. The quantitative estimate of drug-likeness (QED) is 0.644. The Morgan fingerprint density at radius 3 is 2.73 bits per heavy atom. The van der Waals surface area contributed by atoms with Gasteiger partial charge in [-0.05, 0) is 6.26 Å². The standard InChI is InChI=1S/C5H5N3O2S/c1-11-5-6-2-3(4(9)10)7-8-5/h2H,1H3,(H,9,10). The van der Waals surface area contributed by atoms with E-state index in [2.05, 4.69) is 15.2 Å². The third-order valence-electron chi connectivity index (χ3n) is 0.942. The Kier molecular flexibility index (Phi) is 2.37. The molecular weight excluding hydrogens is 166 g/mol. The molecule has 5 nitrogen and oxygen atoms in total. The zero-order valence-electron chi connectivity index (χ0n) is 5.68. The van der Waals surface area contributed by atoms with Crippen molar-refractivity contribution in [2.45, 2.75) is 5.16 Å². The van der Waals surface area contributed by atoms with E-state index in [9.17, 15) is 4.79 Å². The van der Waals surface area contributed by atoms with Crippen molar-refractivity contribution in [2.75, 3.05) is 6.26 Å². The van der Waals surface area contributed by atoms with Gasteiger partial charge in [0.15, 0.2) is 5.69 Å². The molecule has 0 aliphatic rings. The van der Waals surface area contributed by atoms with Gasteiger partial charge in [-0.2, -0.15) is 0 Å². The number of aromatic nitrogens is 3. The predicted molar refractivity (Wildman–Crippen MR) is 38.6 cm³/mol. The van der Waals surface area contributed by atoms with Gasteiger partial charge in [-0.25, -0.2) is 9.78 Å². The molecule has 0 aliphatic heterocycles. The van der Waals surface area contributed by atoms with Crippen LogP contribution in [-0.2, 0) is 0 Å². The molecule has 1 aromatic rings. The van der Waals surface area contributed by atoms with Crippen molar-refractivity contribution >= 4 is 17.7 Å². The van der Waals surface area contributed by atoms with Crippen LogP contribution in [0.5, 0.6) is 0 Å². The number of carboxylic acid groups (broad SMARTS) is 1. The molecule has 0 bridgehead atoms. The molecule has 0 spiro atoms. The van der Waals surface area contributed by atoms with Gasteiger partial charge in [0.05, 0.1) is 6.20 Å². The van der Waals surface area contributed by atoms with Crippen LogP contribution in [0.25, 0.3) is 0 Å². The van der Waals surface area contributed by atoms with Crippen LogP contribution in [0, 0.1) is 0 Å². The zero-order chi connectivity index (χ0) is 8.27. The maximum absolute atomic E-state index is 10.3. The number of carbonyl (C=O) groups is 1. The highest BCUT2D eigenvalue weighted by molar-refractivity contribution is 7.98. The van der Waals surface area contributed by atoms with E-state index in [1.807, 2.05) is 0 Å². The van der Waals surface area contributed by atoms with Crippen LogP contribution in [-0.4, -0.2) is 32.5 Å². The summed E-state index contributed by atoms with van der Waals surface area (Å²) in [6.07, 6.45) is 2.97. The molecule has 1 heterocycles. The van der Waals surface area contributed by atoms with Gasteiger partial charge in [-0.1, -0.05) is 11.8 Å². The predicted octanol–water partition coefficient (Wildman–Crippen LogP) is 0.292. The molecule has 1 rings (SSSR count). The van der Waals surface area contributed by atoms with Gasteiger partial charge in [0, 0.05) is 0 Å². The summed E-state index contributed by atoms with van der Waals surface area (Å²) in [5.74, 6) is -1.11. The monoisotopic (exact) mass is 171 g/mol. The van der Waals surface area contributed by atoms with E-state index in [4.69, 9.17) is 5.11 Å². The summed E-state index contributed by atoms with van der Waals surface area (Å²) >= 11 is 1.31. The molecule has 0 saturated heterocycles. The van der Waals surface area contributed by atoms with E-state index in [1.165, 1.54) is 18.0 Å². The summed E-state index contributed by atoms with van der Waals surface area (Å²) in [5.41, 5.74) is -0.136. The molecule has 0 aliphatic carbocycles. The summed E-state index contributed by atoms with van der Waals surface area (Å²) in [5, 5.41) is 15.8. The topological polar surface area (TPSA) is 76.0 Å². The molecule has 1 aromatic heterocycles. The first kappa shape index (κ1) is 7.93. The van der Waals surface area contributed by atoms with Crippen molar-refractivity contribution in [1.29, 1.82) is 0 Å². The molecule has 0 atom stereocenters. The molecule has 0 amide bonds. The van der Waals surface area contributed by atoms with Gasteiger partial charge >= 0.3 is 5.97 Å². The number of carboxylic acids is 1. The maximum atomic E-state index is 10.3. The first-order valence-electron chi connectivity index (χ1n) is 2.71. The van der Waals surface area contributed by atoms with Gasteiger partial charge in [0.25, 0.3) is 0 Å². The minimum absolute atomic E-state index is 0.136. The van der Waals surface area contributed by atoms with Crippen molar-refractivity contribution in [3.05, 3.63) is 11.9 Å². The third-order valence-corrected chi connectivity index (χ3v) is 1.49. The van der Waals surface area contributed by atoms with Gasteiger partial charge in [-0.3, -0.25) is 0 Å². The molecule has 0 aromatic carbocycles. The second-order valence-corrected chi connectivity index (χ2v) is 2.41. The number of hydrogen-bond acceptors (Lipinski definition) is 5. The van der Waals surface area contributed by atoms with Crippen LogP contribution in [0.15, 0.2) is 11.4 Å². The Hall–Kier alpha value is -1.17. The Labute approximate surface area is 66.9 Å². The summed E-state index contributed by atoms with van der Waals surface area (Å²) in [6, 6.07) is 0. The largest absolute Gasteiger partial charge is 0.476 e. The first-order valence-corrected chi connectivity index (χ1v) is 3.93. The summed E-state index contributed by atoms with van der Waals surface area (Å²) < 4.78 is 0. The molecule has 6 heteroatoms. The van der Waals surface area contributed by atoms with E-state index in [-0.39, 0.29) is 5.69 Å². The molecule has 58 valence electrons. The van der Waals surface area contributed by atoms with Crippen LogP contribution < -0.4 is 0 Å². The molecule has 0 saturated carbocycles. The maximum Gasteiger partial charge on any atom is 0.358 e. The lowest BCUT2D eigenvalue weighted by atomic mass is 10.5. The van der Waals surface area contributed by atoms with E-state index < -0.39 is 5.97 Å². The second kappa shape index (κ2) is 3.29. The number of rotatable bonds is 2. The second-order valence-electron chi connectivity index (χ2n) is 1.64. The molecule has 1 N–H and O–H groups in total. The highest BCUT2D eigenvalue weighted by atomic mass is 32.2. The van der Waals surface area contributed by atoms with Crippen molar-refractivity contribution in [3.63, 3.8) is 0 Å². The molecule has 11 heavy (non-hydrogen) atoms. The number of hydrogen-bond donors (Lipinski definition) is 1. The highest BCUT2D eigenvalue weighted by Gasteiger charge is 2.04. The van der Waals surface area contributed by atoms with Crippen LogP contribution in [0.4, 0.5) is 0 Å². The van der Waals surface area contributed by atoms with Crippen molar-refractivity contribution in [1.82, 2.24) is 15.2 Å². The average Bonchev–Trinajstić information content (AvgIpc) is 2.05. The van der Waals surface area contributed by atoms with Crippen LogP contribution in [0.1, 0.15) is 10.5 Å². The fourth-order valence-corrected chi connectivity index (χ4v) is 0.737. The van der Waals surface area contributed by atoms with Crippen LogP contribution >= 0.6 is 11.8 Å². The van der Waals surface area contributed by atoms with Crippen LogP contribution in [0.2, 0.25) is 0 Å². The third kappa shape index (κ3) is 1.87. The smallest absolute Gasteiger partial charge is 0.358 e. The van der Waals surface area contributed by atoms with E-state index in [0.29, 0.717) is 5.16 Å². The van der Waals surface area contributed by atoms with Crippen LogP contribution in [0.3, 0.4) is 0 Å².